The maximum atomic E-state index is 13.1. The van der Waals surface area contributed by atoms with Gasteiger partial charge in [-0.05, 0) is 43.2 Å². The first-order valence-corrected chi connectivity index (χ1v) is 9.97. The van der Waals surface area contributed by atoms with E-state index in [1.54, 1.807) is 4.90 Å². The van der Waals surface area contributed by atoms with Crippen molar-refractivity contribution in [3.05, 3.63) is 89.1 Å². The molecular weight excluding hydrogens is 366 g/mol. The molecule has 1 heterocycles. The van der Waals surface area contributed by atoms with E-state index in [2.05, 4.69) is 11.1 Å². The van der Waals surface area contributed by atoms with Gasteiger partial charge in [0.05, 0.1) is 17.9 Å². The first-order chi connectivity index (χ1) is 13.6. The summed E-state index contributed by atoms with van der Waals surface area (Å²) in [6.07, 6.45) is 0. The average Bonchev–Trinajstić information content (AvgIpc) is 2.71. The van der Waals surface area contributed by atoms with Gasteiger partial charge in [0.1, 0.15) is 11.1 Å². The molecule has 0 aliphatic carbocycles. The number of nitriles is 1. The number of aryl methyl sites for hydroxylation is 2. The Kier molecular flexibility index (Phi) is 6.46. The lowest BCUT2D eigenvalue weighted by molar-refractivity contribution is -0.116. The molecular formula is C23H21N3OS. The van der Waals surface area contributed by atoms with E-state index in [1.165, 1.54) is 11.8 Å². The van der Waals surface area contributed by atoms with Gasteiger partial charge in [-0.2, -0.15) is 5.26 Å². The van der Waals surface area contributed by atoms with Crippen LogP contribution in [0.1, 0.15) is 22.4 Å². The topological polar surface area (TPSA) is 57.0 Å². The second kappa shape index (κ2) is 9.20. The van der Waals surface area contributed by atoms with Crippen molar-refractivity contribution in [3.63, 3.8) is 0 Å². The predicted octanol–water partition coefficient (Wildman–Crippen LogP) is 4.90. The van der Waals surface area contributed by atoms with Crippen LogP contribution < -0.4 is 4.90 Å². The molecule has 0 unspecified atom stereocenters. The van der Waals surface area contributed by atoms with Gasteiger partial charge in [0.2, 0.25) is 5.91 Å². The number of hydrogen-bond donors (Lipinski definition) is 0. The van der Waals surface area contributed by atoms with Gasteiger partial charge in [-0.25, -0.2) is 4.98 Å². The second-order valence-corrected chi connectivity index (χ2v) is 7.43. The summed E-state index contributed by atoms with van der Waals surface area (Å²) in [5.74, 6) is 0.191. The van der Waals surface area contributed by atoms with Gasteiger partial charge in [-0.15, -0.1) is 0 Å². The zero-order chi connectivity index (χ0) is 19.9. The summed E-state index contributed by atoms with van der Waals surface area (Å²) in [6.45, 7) is 4.28. The van der Waals surface area contributed by atoms with Gasteiger partial charge in [-0.3, -0.25) is 4.79 Å². The van der Waals surface area contributed by atoms with E-state index >= 15 is 0 Å². The minimum atomic E-state index is -0.0232. The molecule has 2 aromatic carbocycles. The van der Waals surface area contributed by atoms with Crippen molar-refractivity contribution in [2.75, 3.05) is 10.7 Å². The highest BCUT2D eigenvalue weighted by Gasteiger charge is 2.18. The number of pyridine rings is 1. The lowest BCUT2D eigenvalue weighted by Gasteiger charge is -2.23. The van der Waals surface area contributed by atoms with E-state index in [0.29, 0.717) is 17.1 Å². The summed E-state index contributed by atoms with van der Waals surface area (Å²) >= 11 is 1.32. The number of para-hydroxylation sites is 1. The summed E-state index contributed by atoms with van der Waals surface area (Å²) in [4.78, 5) is 19.3. The van der Waals surface area contributed by atoms with E-state index < -0.39 is 0 Å². The number of nitrogens with zero attached hydrogens (tertiary/aromatic N) is 3. The Balaban J connectivity index is 1.82. The Labute approximate surface area is 169 Å². The van der Waals surface area contributed by atoms with Crippen LogP contribution in [0.2, 0.25) is 0 Å². The number of thioether (sulfide) groups is 1. The minimum Gasteiger partial charge on any atom is -0.307 e. The highest BCUT2D eigenvalue weighted by molar-refractivity contribution is 8.00. The number of carbonyl (C=O) groups excluding carboxylic acids is 1. The SMILES string of the molecule is Cc1cc(C)c(C#N)c(SCC(=O)N(Cc2ccccc2)c2ccccc2)n1. The Bertz CT molecular complexity index is 998. The van der Waals surface area contributed by atoms with Gasteiger partial charge in [0.25, 0.3) is 0 Å². The Morgan fingerprint density at radius 1 is 1.07 bits per heavy atom. The molecule has 5 heteroatoms. The molecule has 28 heavy (non-hydrogen) atoms. The van der Waals surface area contributed by atoms with Crippen LogP contribution in [0.5, 0.6) is 0 Å². The number of carbonyl (C=O) groups is 1. The second-order valence-electron chi connectivity index (χ2n) is 6.46. The smallest absolute Gasteiger partial charge is 0.237 e. The standard InChI is InChI=1S/C23H21N3OS/c1-17-13-18(2)25-23(21(17)14-24)28-16-22(27)26(20-11-7-4-8-12-20)15-19-9-5-3-6-10-19/h3-13H,15-16H2,1-2H3. The highest BCUT2D eigenvalue weighted by atomic mass is 32.2. The first-order valence-electron chi connectivity index (χ1n) is 8.99. The fourth-order valence-electron chi connectivity index (χ4n) is 2.95. The monoisotopic (exact) mass is 387 g/mol. The van der Waals surface area contributed by atoms with Crippen LogP contribution in [-0.4, -0.2) is 16.6 Å². The van der Waals surface area contributed by atoms with E-state index in [-0.39, 0.29) is 11.7 Å². The first kappa shape index (κ1) is 19.7. The summed E-state index contributed by atoms with van der Waals surface area (Å²) in [5, 5.41) is 10.1. The maximum Gasteiger partial charge on any atom is 0.237 e. The molecule has 0 aliphatic heterocycles. The van der Waals surface area contributed by atoms with Crippen molar-refractivity contribution in [1.29, 1.82) is 5.26 Å². The molecule has 0 radical (unpaired) electrons. The van der Waals surface area contributed by atoms with Gasteiger partial charge in [0, 0.05) is 11.4 Å². The van der Waals surface area contributed by atoms with E-state index in [9.17, 15) is 10.1 Å². The molecule has 4 nitrogen and oxygen atoms in total. The van der Waals surface area contributed by atoms with Crippen LogP contribution >= 0.6 is 11.8 Å². The largest absolute Gasteiger partial charge is 0.307 e. The summed E-state index contributed by atoms with van der Waals surface area (Å²) in [6, 6.07) is 23.7. The molecule has 140 valence electrons. The number of hydrogen-bond acceptors (Lipinski definition) is 4. The number of rotatable bonds is 6. The fraction of sp³-hybridized carbons (Fsp3) is 0.174. The molecule has 1 aromatic heterocycles. The van der Waals surface area contributed by atoms with Crippen molar-refractivity contribution >= 4 is 23.4 Å². The molecule has 0 saturated carbocycles. The zero-order valence-electron chi connectivity index (χ0n) is 15.9. The maximum absolute atomic E-state index is 13.1. The number of benzene rings is 2. The van der Waals surface area contributed by atoms with Crippen LogP contribution in [0.4, 0.5) is 5.69 Å². The fourth-order valence-corrected chi connectivity index (χ4v) is 3.92. The molecule has 1 amide bonds. The summed E-state index contributed by atoms with van der Waals surface area (Å²) in [7, 11) is 0. The number of anilines is 1. The third kappa shape index (κ3) is 4.79. The minimum absolute atomic E-state index is 0.0232. The molecule has 0 aliphatic rings. The number of amides is 1. The zero-order valence-corrected chi connectivity index (χ0v) is 16.7. The van der Waals surface area contributed by atoms with Crippen molar-refractivity contribution in [1.82, 2.24) is 4.98 Å². The molecule has 0 spiro atoms. The molecule has 0 fully saturated rings. The predicted molar refractivity (Wildman–Crippen MR) is 113 cm³/mol. The third-order valence-corrected chi connectivity index (χ3v) is 5.27. The van der Waals surface area contributed by atoms with Crippen molar-refractivity contribution in [2.45, 2.75) is 25.4 Å². The van der Waals surface area contributed by atoms with E-state index in [0.717, 1.165) is 22.5 Å². The molecule has 3 aromatic rings. The van der Waals surface area contributed by atoms with Crippen LogP contribution in [0.25, 0.3) is 0 Å². The third-order valence-electron chi connectivity index (χ3n) is 4.31. The Morgan fingerprint density at radius 3 is 2.36 bits per heavy atom. The Hall–Kier alpha value is -3.10. The van der Waals surface area contributed by atoms with Gasteiger partial charge < -0.3 is 4.90 Å². The van der Waals surface area contributed by atoms with Crippen molar-refractivity contribution < 1.29 is 4.79 Å². The van der Waals surface area contributed by atoms with Crippen LogP contribution in [0.3, 0.4) is 0 Å². The molecule has 0 N–H and O–H groups in total. The summed E-state index contributed by atoms with van der Waals surface area (Å²) in [5.41, 5.74) is 4.18. The molecule has 0 bridgehead atoms. The van der Waals surface area contributed by atoms with Crippen molar-refractivity contribution in [3.8, 4) is 6.07 Å². The van der Waals surface area contributed by atoms with Gasteiger partial charge in [0.15, 0.2) is 0 Å². The Morgan fingerprint density at radius 2 is 1.71 bits per heavy atom. The van der Waals surface area contributed by atoms with E-state index in [4.69, 9.17) is 0 Å². The average molecular weight is 388 g/mol. The van der Waals surface area contributed by atoms with Crippen LogP contribution in [0, 0.1) is 25.2 Å². The van der Waals surface area contributed by atoms with Crippen molar-refractivity contribution in [2.24, 2.45) is 0 Å². The van der Waals surface area contributed by atoms with Gasteiger partial charge >= 0.3 is 0 Å². The molecule has 0 saturated heterocycles. The molecule has 0 atom stereocenters. The lowest BCUT2D eigenvalue weighted by atomic mass is 10.1. The summed E-state index contributed by atoms with van der Waals surface area (Å²) < 4.78 is 0. The molecule has 3 rings (SSSR count). The quantitative estimate of drug-likeness (QED) is 0.565. The van der Waals surface area contributed by atoms with Crippen LogP contribution in [-0.2, 0) is 11.3 Å². The number of aromatic nitrogens is 1. The highest BCUT2D eigenvalue weighted by Crippen LogP contribution is 2.25. The lowest BCUT2D eigenvalue weighted by Crippen LogP contribution is -2.32. The normalized spacial score (nSPS) is 10.3. The van der Waals surface area contributed by atoms with E-state index in [1.807, 2.05) is 80.6 Å². The van der Waals surface area contributed by atoms with Crippen LogP contribution in [0.15, 0.2) is 71.8 Å². The van der Waals surface area contributed by atoms with Gasteiger partial charge in [-0.1, -0.05) is 60.3 Å².